The molecule has 0 radical (unpaired) electrons. The first kappa shape index (κ1) is 18.6. The number of halogens is 2. The van der Waals surface area contributed by atoms with Crippen molar-refractivity contribution in [1.29, 1.82) is 0 Å². The molecule has 1 unspecified atom stereocenters. The summed E-state index contributed by atoms with van der Waals surface area (Å²) in [6.45, 7) is 3.11. The van der Waals surface area contributed by atoms with E-state index >= 15 is 0 Å². The summed E-state index contributed by atoms with van der Waals surface area (Å²) in [5, 5.41) is 3.34. The molecule has 1 atom stereocenters. The van der Waals surface area contributed by atoms with Gasteiger partial charge in [0.15, 0.2) is 0 Å². The summed E-state index contributed by atoms with van der Waals surface area (Å²) in [7, 11) is -4.02. The van der Waals surface area contributed by atoms with Gasteiger partial charge in [0.2, 0.25) is 15.9 Å². The minimum Gasteiger partial charge on any atom is -0.340 e. The van der Waals surface area contributed by atoms with Gasteiger partial charge in [-0.3, -0.25) is 4.79 Å². The van der Waals surface area contributed by atoms with Crippen molar-refractivity contribution in [3.63, 3.8) is 0 Å². The van der Waals surface area contributed by atoms with E-state index < -0.39 is 20.7 Å². The van der Waals surface area contributed by atoms with E-state index in [1.54, 1.807) is 4.90 Å². The van der Waals surface area contributed by atoms with Crippen LogP contribution in [0.4, 0.5) is 4.39 Å². The Hall–Kier alpha value is -1.22. The molecule has 0 aliphatic carbocycles. The van der Waals surface area contributed by atoms with Crippen LogP contribution in [-0.4, -0.2) is 62.8 Å². The van der Waals surface area contributed by atoms with Gasteiger partial charge < -0.3 is 10.2 Å². The Bertz CT molecular complexity index is 753. The average molecular weight is 390 g/mol. The van der Waals surface area contributed by atoms with Crippen LogP contribution in [0.15, 0.2) is 23.1 Å². The maximum atomic E-state index is 14.0. The molecule has 2 heterocycles. The molecule has 2 aliphatic heterocycles. The third-order valence-corrected chi connectivity index (χ3v) is 6.79. The number of carbonyl (C=O) groups excluding carboxylic acids is 1. The molecule has 1 N–H and O–H groups in total. The van der Waals surface area contributed by atoms with Gasteiger partial charge in [-0.2, -0.15) is 4.31 Å². The van der Waals surface area contributed by atoms with Gasteiger partial charge in [0.25, 0.3) is 0 Å². The molecule has 138 valence electrons. The summed E-state index contributed by atoms with van der Waals surface area (Å²) in [6.07, 6.45) is 1.22. The van der Waals surface area contributed by atoms with E-state index in [2.05, 4.69) is 5.32 Å². The number of hydrogen-bond acceptors (Lipinski definition) is 4. The molecule has 2 saturated heterocycles. The van der Waals surface area contributed by atoms with Crippen LogP contribution in [0.25, 0.3) is 0 Å². The van der Waals surface area contributed by atoms with E-state index in [1.165, 1.54) is 10.4 Å². The number of piperazine rings is 1. The molecule has 1 aromatic rings. The fourth-order valence-electron chi connectivity index (χ4n) is 3.32. The van der Waals surface area contributed by atoms with E-state index in [9.17, 15) is 17.6 Å². The molecule has 0 spiro atoms. The number of piperidine rings is 1. The molecule has 25 heavy (non-hydrogen) atoms. The lowest BCUT2D eigenvalue weighted by Crippen LogP contribution is -2.51. The number of hydrogen-bond donors (Lipinski definition) is 1. The number of nitrogens with zero attached hydrogens (tertiary/aromatic N) is 2. The van der Waals surface area contributed by atoms with Gasteiger partial charge in [0, 0.05) is 44.3 Å². The van der Waals surface area contributed by atoms with Crippen molar-refractivity contribution in [3.05, 3.63) is 29.0 Å². The number of nitrogens with one attached hydrogen (secondary N) is 1. The predicted octanol–water partition coefficient (Wildman–Crippen LogP) is 1.31. The molecule has 9 heteroatoms. The highest BCUT2D eigenvalue weighted by atomic mass is 35.5. The molecule has 2 aliphatic rings. The number of rotatable bonds is 3. The van der Waals surface area contributed by atoms with Crippen molar-refractivity contribution < 1.29 is 17.6 Å². The molecule has 3 rings (SSSR count). The Morgan fingerprint density at radius 3 is 2.68 bits per heavy atom. The highest BCUT2D eigenvalue weighted by Crippen LogP contribution is 2.28. The Labute approximate surface area is 152 Å². The highest BCUT2D eigenvalue weighted by Gasteiger charge is 2.36. The quantitative estimate of drug-likeness (QED) is 0.846. The first-order valence-electron chi connectivity index (χ1n) is 8.34. The molecule has 0 bridgehead atoms. The third kappa shape index (κ3) is 3.97. The number of benzene rings is 1. The second-order valence-corrected chi connectivity index (χ2v) is 8.70. The molecular formula is C16H21ClFN3O3S. The van der Waals surface area contributed by atoms with Gasteiger partial charge >= 0.3 is 0 Å². The van der Waals surface area contributed by atoms with E-state index in [1.807, 2.05) is 0 Å². The molecule has 0 aromatic heterocycles. The minimum atomic E-state index is -4.02. The van der Waals surface area contributed by atoms with Crippen LogP contribution in [-0.2, 0) is 14.8 Å². The summed E-state index contributed by atoms with van der Waals surface area (Å²) in [6, 6.07) is 3.47. The average Bonchev–Trinajstić information content (AvgIpc) is 2.64. The third-order valence-electron chi connectivity index (χ3n) is 4.67. The van der Waals surface area contributed by atoms with Crippen LogP contribution in [0.2, 0.25) is 5.02 Å². The van der Waals surface area contributed by atoms with Gasteiger partial charge in [-0.1, -0.05) is 11.6 Å². The first-order chi connectivity index (χ1) is 11.9. The monoisotopic (exact) mass is 389 g/mol. The molecule has 0 saturated carbocycles. The molecule has 2 fully saturated rings. The SMILES string of the molecule is O=C(C1CCCN(S(=O)(=O)c2cc(Cl)ccc2F)C1)N1CCNCC1. The van der Waals surface area contributed by atoms with Crippen molar-refractivity contribution in [2.45, 2.75) is 17.7 Å². The maximum absolute atomic E-state index is 14.0. The number of carbonyl (C=O) groups is 1. The Morgan fingerprint density at radius 2 is 1.96 bits per heavy atom. The summed E-state index contributed by atoms with van der Waals surface area (Å²) >= 11 is 5.83. The number of sulfonamides is 1. The van der Waals surface area contributed by atoms with E-state index in [-0.39, 0.29) is 29.9 Å². The predicted molar refractivity (Wildman–Crippen MR) is 92.3 cm³/mol. The zero-order valence-corrected chi connectivity index (χ0v) is 15.3. The van der Waals surface area contributed by atoms with Gasteiger partial charge in [-0.05, 0) is 31.0 Å². The van der Waals surface area contributed by atoms with E-state index in [4.69, 9.17) is 11.6 Å². The van der Waals surface area contributed by atoms with Crippen molar-refractivity contribution >= 4 is 27.5 Å². The smallest absolute Gasteiger partial charge is 0.246 e. The summed E-state index contributed by atoms with van der Waals surface area (Å²) in [5.74, 6) is -1.24. The lowest BCUT2D eigenvalue weighted by atomic mass is 9.98. The Morgan fingerprint density at radius 1 is 1.24 bits per heavy atom. The van der Waals surface area contributed by atoms with Crippen LogP contribution in [0, 0.1) is 11.7 Å². The van der Waals surface area contributed by atoms with Crippen LogP contribution in [0.5, 0.6) is 0 Å². The molecular weight excluding hydrogens is 369 g/mol. The summed E-state index contributed by atoms with van der Waals surface area (Å²) in [5.41, 5.74) is 0. The zero-order chi connectivity index (χ0) is 18.0. The van der Waals surface area contributed by atoms with Crippen LogP contribution >= 0.6 is 11.6 Å². The zero-order valence-electron chi connectivity index (χ0n) is 13.7. The summed E-state index contributed by atoms with van der Waals surface area (Å²) < 4.78 is 40.8. The fraction of sp³-hybridized carbons (Fsp3) is 0.562. The first-order valence-corrected chi connectivity index (χ1v) is 10.2. The topological polar surface area (TPSA) is 69.7 Å². The van der Waals surface area contributed by atoms with Gasteiger partial charge in [0.05, 0.1) is 5.92 Å². The Kier molecular flexibility index (Phi) is 5.62. The highest BCUT2D eigenvalue weighted by molar-refractivity contribution is 7.89. The second-order valence-electron chi connectivity index (χ2n) is 6.35. The summed E-state index contributed by atoms with van der Waals surface area (Å²) in [4.78, 5) is 14.0. The van der Waals surface area contributed by atoms with Crippen LogP contribution < -0.4 is 5.32 Å². The second kappa shape index (κ2) is 7.57. The lowest BCUT2D eigenvalue weighted by molar-refractivity contribution is -0.137. The van der Waals surface area contributed by atoms with Crippen molar-refractivity contribution in [2.24, 2.45) is 5.92 Å². The molecule has 1 amide bonds. The maximum Gasteiger partial charge on any atom is 0.246 e. The van der Waals surface area contributed by atoms with Crippen molar-refractivity contribution in [1.82, 2.24) is 14.5 Å². The van der Waals surface area contributed by atoms with Crippen molar-refractivity contribution in [3.8, 4) is 0 Å². The van der Waals surface area contributed by atoms with E-state index in [0.717, 1.165) is 25.2 Å². The van der Waals surface area contributed by atoms with Gasteiger partial charge in [0.1, 0.15) is 10.7 Å². The van der Waals surface area contributed by atoms with E-state index in [0.29, 0.717) is 25.9 Å². The van der Waals surface area contributed by atoms with Gasteiger partial charge in [-0.25, -0.2) is 12.8 Å². The lowest BCUT2D eigenvalue weighted by Gasteiger charge is -2.35. The largest absolute Gasteiger partial charge is 0.340 e. The normalized spacial score (nSPS) is 22.8. The molecule has 6 nitrogen and oxygen atoms in total. The van der Waals surface area contributed by atoms with Crippen LogP contribution in [0.1, 0.15) is 12.8 Å². The van der Waals surface area contributed by atoms with Gasteiger partial charge in [-0.15, -0.1) is 0 Å². The fourth-order valence-corrected chi connectivity index (χ4v) is 5.17. The van der Waals surface area contributed by atoms with Crippen molar-refractivity contribution in [2.75, 3.05) is 39.3 Å². The Balaban J connectivity index is 1.78. The number of amides is 1. The molecule has 1 aromatic carbocycles. The minimum absolute atomic E-state index is 0.0204. The standard InChI is InChI=1S/C16H21ClFN3O3S/c17-13-3-4-14(18)15(10-13)25(23,24)21-7-1-2-12(11-21)16(22)20-8-5-19-6-9-20/h3-4,10,12,19H,1-2,5-9,11H2. The van der Waals surface area contributed by atoms with Crippen LogP contribution in [0.3, 0.4) is 0 Å².